The summed E-state index contributed by atoms with van der Waals surface area (Å²) in [6.45, 7) is 1.97. The molecular formula is C17H12ClNO3S. The molecule has 23 heavy (non-hydrogen) atoms. The number of anilines is 1. The number of aromatic hydroxyl groups is 1. The molecule has 116 valence electrons. The third-order valence-corrected chi connectivity index (χ3v) is 3.92. The lowest BCUT2D eigenvalue weighted by Gasteiger charge is -2.10. The number of nitrogens with one attached hydrogen (secondary N) is 1. The Labute approximate surface area is 142 Å². The van der Waals surface area contributed by atoms with E-state index in [1.54, 1.807) is 6.07 Å². The smallest absolute Gasteiger partial charge is 0.350 e. The predicted molar refractivity (Wildman–Crippen MR) is 95.7 cm³/mol. The van der Waals surface area contributed by atoms with Gasteiger partial charge in [0.1, 0.15) is 21.9 Å². The van der Waals surface area contributed by atoms with Crippen molar-refractivity contribution in [1.82, 2.24) is 0 Å². The van der Waals surface area contributed by atoms with E-state index in [9.17, 15) is 9.90 Å². The van der Waals surface area contributed by atoms with E-state index in [1.165, 1.54) is 12.1 Å². The molecule has 0 aliphatic heterocycles. The summed E-state index contributed by atoms with van der Waals surface area (Å²) in [5, 5.41) is 14.1. The fraction of sp³-hybridized carbons (Fsp3) is 0.0588. The molecule has 4 nitrogen and oxygen atoms in total. The topological polar surface area (TPSA) is 62.5 Å². The lowest BCUT2D eigenvalue weighted by Crippen LogP contribution is -2.20. The number of aryl methyl sites for hydroxylation is 1. The quantitative estimate of drug-likeness (QED) is 0.537. The van der Waals surface area contributed by atoms with Crippen LogP contribution in [0.5, 0.6) is 5.75 Å². The molecule has 0 spiro atoms. The van der Waals surface area contributed by atoms with Crippen molar-refractivity contribution in [3.8, 4) is 5.75 Å². The van der Waals surface area contributed by atoms with Crippen molar-refractivity contribution in [3.05, 3.63) is 69.0 Å². The van der Waals surface area contributed by atoms with Crippen LogP contribution in [0.25, 0.3) is 11.0 Å². The second kappa shape index (κ2) is 6.02. The zero-order chi connectivity index (χ0) is 16.6. The number of rotatable bonds is 2. The highest BCUT2D eigenvalue weighted by molar-refractivity contribution is 7.81. The van der Waals surface area contributed by atoms with E-state index in [-0.39, 0.29) is 21.9 Å². The monoisotopic (exact) mass is 345 g/mol. The SMILES string of the molecule is Cc1ccc(NC(=S)c2c(O)c3cc(Cl)ccc3oc2=O)cc1. The molecule has 0 saturated heterocycles. The van der Waals surface area contributed by atoms with Crippen molar-refractivity contribution in [2.75, 3.05) is 5.32 Å². The Hall–Kier alpha value is -2.37. The van der Waals surface area contributed by atoms with Crippen molar-refractivity contribution < 1.29 is 9.52 Å². The number of fused-ring (bicyclic) bond motifs is 1. The molecule has 0 unspecified atom stereocenters. The molecule has 1 heterocycles. The van der Waals surface area contributed by atoms with Crippen LogP contribution >= 0.6 is 23.8 Å². The molecule has 0 aliphatic carbocycles. The zero-order valence-electron chi connectivity index (χ0n) is 12.1. The van der Waals surface area contributed by atoms with Crippen LogP contribution in [0.4, 0.5) is 5.69 Å². The van der Waals surface area contributed by atoms with Gasteiger partial charge in [-0.15, -0.1) is 0 Å². The summed E-state index contributed by atoms with van der Waals surface area (Å²) >= 11 is 11.2. The maximum Gasteiger partial charge on any atom is 0.350 e. The maximum atomic E-state index is 12.1. The zero-order valence-corrected chi connectivity index (χ0v) is 13.7. The summed E-state index contributed by atoms with van der Waals surface area (Å²) in [5.41, 5.74) is 1.27. The van der Waals surface area contributed by atoms with E-state index in [1.807, 2.05) is 31.2 Å². The number of hydrogen-bond donors (Lipinski definition) is 2. The summed E-state index contributed by atoms with van der Waals surface area (Å²) in [7, 11) is 0. The lowest BCUT2D eigenvalue weighted by molar-refractivity contribution is 0.466. The molecule has 0 amide bonds. The molecule has 3 rings (SSSR count). The van der Waals surface area contributed by atoms with Crippen molar-refractivity contribution in [2.45, 2.75) is 6.92 Å². The molecule has 2 N–H and O–H groups in total. The van der Waals surface area contributed by atoms with Crippen LogP contribution in [0.15, 0.2) is 51.7 Å². The van der Waals surface area contributed by atoms with Crippen molar-refractivity contribution in [3.63, 3.8) is 0 Å². The van der Waals surface area contributed by atoms with Gasteiger partial charge in [0.15, 0.2) is 0 Å². The van der Waals surface area contributed by atoms with E-state index >= 15 is 0 Å². The summed E-state index contributed by atoms with van der Waals surface area (Å²) < 4.78 is 5.20. The highest BCUT2D eigenvalue weighted by atomic mass is 35.5. The normalized spacial score (nSPS) is 10.7. The summed E-state index contributed by atoms with van der Waals surface area (Å²) in [4.78, 5) is 12.2. The van der Waals surface area contributed by atoms with Crippen LogP contribution in [0.3, 0.4) is 0 Å². The van der Waals surface area contributed by atoms with Gasteiger partial charge >= 0.3 is 5.63 Å². The van der Waals surface area contributed by atoms with Crippen LogP contribution in [0, 0.1) is 6.92 Å². The van der Waals surface area contributed by atoms with E-state index in [0.29, 0.717) is 16.1 Å². The molecule has 2 aromatic carbocycles. The van der Waals surface area contributed by atoms with Gasteiger partial charge in [0, 0.05) is 10.7 Å². The molecule has 0 bridgehead atoms. The third kappa shape index (κ3) is 3.06. The van der Waals surface area contributed by atoms with Crippen LogP contribution in [0.2, 0.25) is 5.02 Å². The van der Waals surface area contributed by atoms with E-state index in [0.717, 1.165) is 5.56 Å². The molecule has 0 atom stereocenters. The fourth-order valence-electron chi connectivity index (χ4n) is 2.19. The first kappa shape index (κ1) is 15.5. The average Bonchev–Trinajstić information content (AvgIpc) is 2.50. The molecule has 0 saturated carbocycles. The first-order valence-electron chi connectivity index (χ1n) is 6.79. The van der Waals surface area contributed by atoms with E-state index < -0.39 is 5.63 Å². The van der Waals surface area contributed by atoms with Crippen molar-refractivity contribution in [1.29, 1.82) is 0 Å². The molecule has 0 aliphatic rings. The van der Waals surface area contributed by atoms with Crippen LogP contribution in [-0.4, -0.2) is 10.1 Å². The van der Waals surface area contributed by atoms with Crippen molar-refractivity contribution >= 4 is 45.5 Å². The van der Waals surface area contributed by atoms with Gasteiger partial charge in [0.2, 0.25) is 0 Å². The predicted octanol–water partition coefficient (Wildman–Crippen LogP) is 4.25. The molecule has 1 aromatic heterocycles. The first-order valence-corrected chi connectivity index (χ1v) is 7.57. The van der Waals surface area contributed by atoms with Gasteiger partial charge in [-0.05, 0) is 37.3 Å². The summed E-state index contributed by atoms with van der Waals surface area (Å²) in [6, 6.07) is 12.1. The first-order chi connectivity index (χ1) is 11.0. The second-order valence-corrected chi connectivity index (χ2v) is 5.92. The molecule has 3 aromatic rings. The Kier molecular flexibility index (Phi) is 4.07. The molecule has 6 heteroatoms. The van der Waals surface area contributed by atoms with Gasteiger partial charge in [0.05, 0.1) is 5.39 Å². The maximum absolute atomic E-state index is 12.1. The minimum atomic E-state index is -0.707. The number of hydrogen-bond acceptors (Lipinski definition) is 4. The van der Waals surface area contributed by atoms with Crippen LogP contribution in [-0.2, 0) is 0 Å². The van der Waals surface area contributed by atoms with Gasteiger partial charge < -0.3 is 14.8 Å². The summed E-state index contributed by atoms with van der Waals surface area (Å²) in [5.74, 6) is -0.247. The number of halogens is 1. The second-order valence-electron chi connectivity index (χ2n) is 5.07. The fourth-order valence-corrected chi connectivity index (χ4v) is 2.66. The number of benzene rings is 2. The van der Waals surface area contributed by atoms with Gasteiger partial charge in [-0.25, -0.2) is 4.79 Å². The summed E-state index contributed by atoms with van der Waals surface area (Å²) in [6.07, 6.45) is 0. The van der Waals surface area contributed by atoms with Gasteiger partial charge in [-0.3, -0.25) is 0 Å². The lowest BCUT2D eigenvalue weighted by atomic mass is 10.1. The van der Waals surface area contributed by atoms with Crippen LogP contribution < -0.4 is 10.9 Å². The van der Waals surface area contributed by atoms with Gasteiger partial charge in [-0.1, -0.05) is 41.5 Å². The standard InChI is InChI=1S/C17H12ClNO3S/c1-9-2-5-11(6-3-9)19-16(23)14-15(20)12-8-10(18)4-7-13(12)22-17(14)21/h2-8,20H,1H3,(H,19,23). The highest BCUT2D eigenvalue weighted by Crippen LogP contribution is 2.29. The Balaban J connectivity index is 2.06. The third-order valence-electron chi connectivity index (χ3n) is 3.38. The minimum absolute atomic E-state index is 0.0852. The van der Waals surface area contributed by atoms with E-state index in [4.69, 9.17) is 28.2 Å². The Morgan fingerprint density at radius 2 is 1.91 bits per heavy atom. The Morgan fingerprint density at radius 1 is 1.22 bits per heavy atom. The minimum Gasteiger partial charge on any atom is -0.506 e. The molecular weight excluding hydrogens is 334 g/mol. The largest absolute Gasteiger partial charge is 0.506 e. The van der Waals surface area contributed by atoms with Crippen molar-refractivity contribution in [2.24, 2.45) is 0 Å². The highest BCUT2D eigenvalue weighted by Gasteiger charge is 2.18. The van der Waals surface area contributed by atoms with Crippen LogP contribution in [0.1, 0.15) is 11.1 Å². The van der Waals surface area contributed by atoms with Gasteiger partial charge in [-0.2, -0.15) is 0 Å². The number of thiocarbonyl (C=S) groups is 1. The Morgan fingerprint density at radius 3 is 2.61 bits per heavy atom. The van der Waals surface area contributed by atoms with E-state index in [2.05, 4.69) is 5.32 Å². The molecule has 0 fully saturated rings. The molecule has 0 radical (unpaired) electrons. The Bertz CT molecular complexity index is 964. The van der Waals surface area contributed by atoms with Gasteiger partial charge in [0.25, 0.3) is 0 Å². The average molecular weight is 346 g/mol.